The lowest BCUT2D eigenvalue weighted by Gasteiger charge is -2.39. The summed E-state index contributed by atoms with van der Waals surface area (Å²) in [5, 5.41) is 6.99. The maximum absolute atomic E-state index is 5.56. The quantitative estimate of drug-likeness (QED) is 0.314. The summed E-state index contributed by atoms with van der Waals surface area (Å²) < 4.78 is 7.70. The normalized spacial score (nSPS) is 16.5. The number of aliphatic imine (C=N–C) groups is 1. The van der Waals surface area contributed by atoms with Gasteiger partial charge in [0.25, 0.3) is 0 Å². The number of aryl methyl sites for hydroxylation is 1. The number of benzene rings is 1. The molecule has 1 saturated heterocycles. The molecule has 2 heterocycles. The molecule has 8 heteroatoms. The third-order valence-electron chi connectivity index (χ3n) is 6.10. The molecule has 0 bridgehead atoms. The summed E-state index contributed by atoms with van der Waals surface area (Å²) in [6, 6.07) is 8.71. The van der Waals surface area contributed by atoms with Crippen molar-refractivity contribution in [3.05, 3.63) is 30.1 Å². The lowest BCUT2D eigenvalue weighted by atomic mass is 9.92. The number of halogens is 1. The van der Waals surface area contributed by atoms with Gasteiger partial charge in [0.05, 0.1) is 30.8 Å². The third kappa shape index (κ3) is 6.07. The van der Waals surface area contributed by atoms with Crippen LogP contribution in [0.1, 0.15) is 32.5 Å². The van der Waals surface area contributed by atoms with Crippen LogP contribution in [0.4, 0.5) is 0 Å². The maximum atomic E-state index is 5.56. The number of aromatic nitrogens is 2. The molecule has 1 atom stereocenters. The number of fused-ring (bicyclic) bond motifs is 1. The summed E-state index contributed by atoms with van der Waals surface area (Å²) in [6.45, 7) is 9.78. The molecular formula is C22H37IN6O. The molecule has 0 spiro atoms. The maximum Gasteiger partial charge on any atom is 0.191 e. The number of guanidine groups is 1. The van der Waals surface area contributed by atoms with Crippen LogP contribution in [0.5, 0.6) is 0 Å². The topological polar surface area (TPSA) is 66.7 Å². The van der Waals surface area contributed by atoms with E-state index in [1.807, 2.05) is 19.2 Å². The minimum Gasteiger partial charge on any atom is -0.379 e. The molecule has 3 rings (SSSR count). The van der Waals surface area contributed by atoms with E-state index >= 15 is 0 Å². The highest BCUT2D eigenvalue weighted by Gasteiger charge is 2.27. The minimum atomic E-state index is 0. The molecule has 0 amide bonds. The Morgan fingerprint density at radius 1 is 1.17 bits per heavy atom. The lowest BCUT2D eigenvalue weighted by Crippen LogP contribution is -2.53. The summed E-state index contributed by atoms with van der Waals surface area (Å²) in [7, 11) is 3.88. The van der Waals surface area contributed by atoms with Gasteiger partial charge in [0.2, 0.25) is 0 Å². The summed E-state index contributed by atoms with van der Waals surface area (Å²) in [5.41, 5.74) is 2.17. The molecule has 1 unspecified atom stereocenters. The Morgan fingerprint density at radius 3 is 2.50 bits per heavy atom. The van der Waals surface area contributed by atoms with Crippen molar-refractivity contribution < 1.29 is 4.74 Å². The third-order valence-corrected chi connectivity index (χ3v) is 6.10. The highest BCUT2D eigenvalue weighted by atomic mass is 127. The number of hydrogen-bond donors (Lipinski definition) is 2. The summed E-state index contributed by atoms with van der Waals surface area (Å²) in [4.78, 5) is 11.7. The molecule has 2 aromatic rings. The van der Waals surface area contributed by atoms with Gasteiger partial charge in [0, 0.05) is 39.8 Å². The van der Waals surface area contributed by atoms with Gasteiger partial charge in [-0.2, -0.15) is 0 Å². The molecule has 2 N–H and O–H groups in total. The second kappa shape index (κ2) is 12.5. The molecule has 1 aromatic carbocycles. The molecule has 1 aromatic heterocycles. The van der Waals surface area contributed by atoms with Gasteiger partial charge in [-0.05, 0) is 18.1 Å². The van der Waals surface area contributed by atoms with E-state index in [0.29, 0.717) is 18.5 Å². The fraction of sp³-hybridized carbons (Fsp3) is 0.636. The van der Waals surface area contributed by atoms with E-state index in [1.165, 1.54) is 12.8 Å². The van der Waals surface area contributed by atoms with E-state index in [9.17, 15) is 0 Å². The molecule has 0 saturated carbocycles. The van der Waals surface area contributed by atoms with Crippen LogP contribution in [0.25, 0.3) is 11.0 Å². The monoisotopic (exact) mass is 528 g/mol. The zero-order chi connectivity index (χ0) is 20.6. The van der Waals surface area contributed by atoms with Crippen LogP contribution in [0.2, 0.25) is 0 Å². The Labute approximate surface area is 197 Å². The van der Waals surface area contributed by atoms with Gasteiger partial charge in [0.1, 0.15) is 5.82 Å². The van der Waals surface area contributed by atoms with Crippen LogP contribution in [-0.4, -0.2) is 66.3 Å². The fourth-order valence-electron chi connectivity index (χ4n) is 4.27. The molecule has 1 fully saturated rings. The minimum absolute atomic E-state index is 0. The first-order chi connectivity index (χ1) is 14.2. The Hall–Kier alpha value is -1.39. The van der Waals surface area contributed by atoms with Gasteiger partial charge in [-0.15, -0.1) is 24.0 Å². The van der Waals surface area contributed by atoms with Crippen molar-refractivity contribution in [3.8, 4) is 0 Å². The van der Waals surface area contributed by atoms with Crippen molar-refractivity contribution in [2.45, 2.75) is 39.3 Å². The Balaban J connectivity index is 0.00000320. The number of nitrogens with zero attached hydrogens (tertiary/aromatic N) is 4. The number of ether oxygens (including phenoxy) is 1. The van der Waals surface area contributed by atoms with E-state index in [2.05, 4.69) is 58.1 Å². The van der Waals surface area contributed by atoms with Crippen LogP contribution in [-0.2, 0) is 18.3 Å². The van der Waals surface area contributed by atoms with Crippen molar-refractivity contribution >= 4 is 41.0 Å². The molecule has 7 nitrogen and oxygen atoms in total. The molecule has 30 heavy (non-hydrogen) atoms. The number of para-hydroxylation sites is 2. The van der Waals surface area contributed by atoms with Gasteiger partial charge in [0.15, 0.2) is 5.96 Å². The second-order valence-corrected chi connectivity index (χ2v) is 7.67. The predicted molar refractivity (Wildman–Crippen MR) is 135 cm³/mol. The highest BCUT2D eigenvalue weighted by molar-refractivity contribution is 14.0. The fourth-order valence-corrected chi connectivity index (χ4v) is 4.27. The van der Waals surface area contributed by atoms with Crippen LogP contribution < -0.4 is 10.6 Å². The number of rotatable bonds is 8. The van der Waals surface area contributed by atoms with Crippen molar-refractivity contribution in [2.24, 2.45) is 18.0 Å². The highest BCUT2D eigenvalue weighted by Crippen LogP contribution is 2.19. The molecule has 1 aliphatic heterocycles. The van der Waals surface area contributed by atoms with Crippen LogP contribution in [0.3, 0.4) is 0 Å². The van der Waals surface area contributed by atoms with E-state index < -0.39 is 0 Å². The van der Waals surface area contributed by atoms with E-state index in [-0.39, 0.29) is 24.0 Å². The first-order valence-corrected chi connectivity index (χ1v) is 10.8. The first kappa shape index (κ1) is 24.9. The summed E-state index contributed by atoms with van der Waals surface area (Å²) in [5.74, 6) is 2.48. The second-order valence-electron chi connectivity index (χ2n) is 7.67. The Morgan fingerprint density at radius 2 is 1.87 bits per heavy atom. The lowest BCUT2D eigenvalue weighted by molar-refractivity contribution is 0.00272. The molecule has 168 valence electrons. The van der Waals surface area contributed by atoms with Gasteiger partial charge in [-0.25, -0.2) is 4.98 Å². The van der Waals surface area contributed by atoms with Gasteiger partial charge in [-0.3, -0.25) is 9.89 Å². The van der Waals surface area contributed by atoms with Gasteiger partial charge in [-0.1, -0.05) is 38.8 Å². The zero-order valence-electron chi connectivity index (χ0n) is 18.7. The predicted octanol–water partition coefficient (Wildman–Crippen LogP) is 2.99. The number of nitrogens with one attached hydrogen (secondary N) is 2. The number of morpholine rings is 1. The smallest absolute Gasteiger partial charge is 0.191 e. The van der Waals surface area contributed by atoms with E-state index in [0.717, 1.165) is 55.7 Å². The largest absolute Gasteiger partial charge is 0.379 e. The summed E-state index contributed by atoms with van der Waals surface area (Å²) in [6.07, 6.45) is 2.37. The average molecular weight is 528 g/mol. The Bertz CT molecular complexity index is 798. The van der Waals surface area contributed by atoms with E-state index in [1.54, 1.807) is 0 Å². The van der Waals surface area contributed by atoms with Gasteiger partial charge >= 0.3 is 0 Å². The zero-order valence-corrected chi connectivity index (χ0v) is 21.1. The molecular weight excluding hydrogens is 491 g/mol. The van der Waals surface area contributed by atoms with Crippen molar-refractivity contribution in [1.82, 2.24) is 25.1 Å². The number of hydrogen-bond acceptors (Lipinski definition) is 4. The molecule has 1 aliphatic rings. The van der Waals surface area contributed by atoms with E-state index in [4.69, 9.17) is 9.72 Å². The van der Waals surface area contributed by atoms with Crippen molar-refractivity contribution in [3.63, 3.8) is 0 Å². The standard InChI is InChI=1S/C22H36N6O.HI/c1-5-17(6-2)20(28-11-13-29-14-12-28)15-24-22(23-3)25-16-21-26-18-9-7-8-10-19(18)27(21)4;/h7-10,17,20H,5-6,11-16H2,1-4H3,(H2,23,24,25);1H. The van der Waals surface area contributed by atoms with Crippen molar-refractivity contribution in [1.29, 1.82) is 0 Å². The van der Waals surface area contributed by atoms with Gasteiger partial charge < -0.3 is 19.9 Å². The van der Waals surface area contributed by atoms with Crippen LogP contribution in [0.15, 0.2) is 29.3 Å². The average Bonchev–Trinajstić information content (AvgIpc) is 3.09. The SMILES string of the molecule is CCC(CC)C(CNC(=NC)NCc1nc2ccccc2n1C)N1CCOCC1.I. The molecule has 0 aliphatic carbocycles. The Kier molecular flexibility index (Phi) is 10.3. The molecule has 0 radical (unpaired) electrons. The summed E-state index contributed by atoms with van der Waals surface area (Å²) >= 11 is 0. The van der Waals surface area contributed by atoms with Crippen LogP contribution >= 0.6 is 24.0 Å². The van der Waals surface area contributed by atoms with Crippen molar-refractivity contribution in [2.75, 3.05) is 39.9 Å². The first-order valence-electron chi connectivity index (χ1n) is 10.8. The number of imidazole rings is 1. The van der Waals surface area contributed by atoms with Crippen LogP contribution in [0, 0.1) is 5.92 Å².